The maximum atomic E-state index is 4.37. The molecule has 4 nitrogen and oxygen atoms in total. The van der Waals surface area contributed by atoms with E-state index in [1.165, 1.54) is 0 Å². The van der Waals surface area contributed by atoms with Crippen molar-refractivity contribution in [2.24, 2.45) is 0 Å². The van der Waals surface area contributed by atoms with Crippen LogP contribution in [-0.2, 0) is 13.0 Å². The van der Waals surface area contributed by atoms with Crippen molar-refractivity contribution in [1.29, 1.82) is 0 Å². The molecule has 0 unspecified atom stereocenters. The van der Waals surface area contributed by atoms with E-state index in [1.54, 1.807) is 0 Å². The second kappa shape index (κ2) is 4.79. The van der Waals surface area contributed by atoms with Gasteiger partial charge in [0.15, 0.2) is 0 Å². The highest BCUT2D eigenvalue weighted by molar-refractivity contribution is 5.27. The molecule has 16 heavy (non-hydrogen) atoms. The van der Waals surface area contributed by atoms with Crippen molar-refractivity contribution in [3.63, 3.8) is 0 Å². The summed E-state index contributed by atoms with van der Waals surface area (Å²) >= 11 is 0. The van der Waals surface area contributed by atoms with Crippen LogP contribution in [0.15, 0.2) is 30.6 Å². The third kappa shape index (κ3) is 2.39. The van der Waals surface area contributed by atoms with Gasteiger partial charge < -0.3 is 9.88 Å². The Bertz CT molecular complexity index is 447. The fourth-order valence-electron chi connectivity index (χ4n) is 1.70. The summed E-state index contributed by atoms with van der Waals surface area (Å²) in [6.07, 6.45) is 4.80. The number of pyridine rings is 1. The van der Waals surface area contributed by atoms with E-state index >= 15 is 0 Å². The normalized spacial score (nSPS) is 10.4. The molecule has 0 aliphatic carbocycles. The van der Waals surface area contributed by atoms with Crippen LogP contribution in [0.4, 0.5) is 5.95 Å². The smallest absolute Gasteiger partial charge is 0.202 e. The molecule has 0 bridgehead atoms. The van der Waals surface area contributed by atoms with Crippen molar-refractivity contribution in [3.05, 3.63) is 42.0 Å². The van der Waals surface area contributed by atoms with E-state index in [1.807, 2.05) is 38.4 Å². The first-order chi connectivity index (χ1) is 7.79. The quantitative estimate of drug-likeness (QED) is 0.848. The molecule has 4 heteroatoms. The fourth-order valence-corrected chi connectivity index (χ4v) is 1.70. The van der Waals surface area contributed by atoms with Gasteiger partial charge in [0.1, 0.15) is 0 Å². The van der Waals surface area contributed by atoms with Crippen LogP contribution in [0, 0.1) is 6.92 Å². The summed E-state index contributed by atoms with van der Waals surface area (Å²) in [6.45, 7) is 2.89. The number of rotatable bonds is 4. The number of aryl methyl sites for hydroxylation is 3. The maximum absolute atomic E-state index is 4.37. The van der Waals surface area contributed by atoms with Crippen LogP contribution in [0.5, 0.6) is 0 Å². The van der Waals surface area contributed by atoms with Gasteiger partial charge in [-0.05, 0) is 19.1 Å². The number of anilines is 1. The summed E-state index contributed by atoms with van der Waals surface area (Å²) in [5.41, 5.74) is 2.14. The van der Waals surface area contributed by atoms with Gasteiger partial charge in [0.05, 0.1) is 5.69 Å². The lowest BCUT2D eigenvalue weighted by Gasteiger charge is -2.06. The first-order valence-corrected chi connectivity index (χ1v) is 5.41. The monoisotopic (exact) mass is 216 g/mol. The van der Waals surface area contributed by atoms with Crippen LogP contribution in [0.2, 0.25) is 0 Å². The van der Waals surface area contributed by atoms with Gasteiger partial charge in [-0.25, -0.2) is 4.98 Å². The summed E-state index contributed by atoms with van der Waals surface area (Å²) < 4.78 is 2.12. The average molecular weight is 216 g/mol. The van der Waals surface area contributed by atoms with Crippen molar-refractivity contribution < 1.29 is 0 Å². The zero-order chi connectivity index (χ0) is 11.4. The summed E-state index contributed by atoms with van der Waals surface area (Å²) in [6, 6.07) is 5.99. The zero-order valence-electron chi connectivity index (χ0n) is 9.64. The van der Waals surface area contributed by atoms with Crippen LogP contribution in [-0.4, -0.2) is 21.6 Å². The number of nitrogens with zero attached hydrogens (tertiary/aromatic N) is 3. The van der Waals surface area contributed by atoms with Gasteiger partial charge in [-0.2, -0.15) is 0 Å². The van der Waals surface area contributed by atoms with Crippen molar-refractivity contribution >= 4 is 5.95 Å². The van der Waals surface area contributed by atoms with Crippen LogP contribution >= 0.6 is 0 Å². The molecule has 0 radical (unpaired) electrons. The third-order valence-corrected chi connectivity index (χ3v) is 2.46. The lowest BCUT2D eigenvalue weighted by Crippen LogP contribution is -2.05. The zero-order valence-corrected chi connectivity index (χ0v) is 9.64. The molecule has 0 spiro atoms. The Hall–Kier alpha value is -1.84. The Morgan fingerprint density at radius 2 is 2.25 bits per heavy atom. The van der Waals surface area contributed by atoms with E-state index in [-0.39, 0.29) is 0 Å². The molecule has 0 saturated heterocycles. The van der Waals surface area contributed by atoms with Gasteiger partial charge >= 0.3 is 0 Å². The van der Waals surface area contributed by atoms with Crippen molar-refractivity contribution in [1.82, 2.24) is 14.5 Å². The molecule has 1 N–H and O–H groups in total. The van der Waals surface area contributed by atoms with Gasteiger partial charge in [-0.1, -0.05) is 6.07 Å². The lowest BCUT2D eigenvalue weighted by atomic mass is 10.3. The van der Waals surface area contributed by atoms with E-state index in [4.69, 9.17) is 0 Å². The van der Waals surface area contributed by atoms with Gasteiger partial charge in [-0.3, -0.25) is 4.98 Å². The molecule has 84 valence electrons. The largest absolute Gasteiger partial charge is 0.359 e. The van der Waals surface area contributed by atoms with Gasteiger partial charge in [0.25, 0.3) is 0 Å². The van der Waals surface area contributed by atoms with Crippen LogP contribution in [0.25, 0.3) is 0 Å². The molecular formula is C12H16N4. The summed E-state index contributed by atoms with van der Waals surface area (Å²) in [5, 5.41) is 3.08. The minimum absolute atomic E-state index is 0.897. The van der Waals surface area contributed by atoms with Gasteiger partial charge in [-0.15, -0.1) is 0 Å². The van der Waals surface area contributed by atoms with Crippen LogP contribution in [0.1, 0.15) is 11.4 Å². The number of hydrogen-bond acceptors (Lipinski definition) is 3. The van der Waals surface area contributed by atoms with E-state index in [2.05, 4.69) is 26.0 Å². The molecule has 0 atom stereocenters. The van der Waals surface area contributed by atoms with Crippen LogP contribution < -0.4 is 5.32 Å². The minimum atomic E-state index is 0.897. The van der Waals surface area contributed by atoms with Crippen molar-refractivity contribution in [3.8, 4) is 0 Å². The first-order valence-electron chi connectivity index (χ1n) is 5.41. The molecule has 2 aromatic rings. The molecule has 0 aliphatic rings. The Balaban J connectivity index is 2.04. The molecular weight excluding hydrogens is 200 g/mol. The molecule has 0 amide bonds. The topological polar surface area (TPSA) is 42.7 Å². The van der Waals surface area contributed by atoms with Crippen LogP contribution in [0.3, 0.4) is 0 Å². The third-order valence-electron chi connectivity index (χ3n) is 2.46. The second-order valence-corrected chi connectivity index (χ2v) is 3.72. The number of aromatic nitrogens is 3. The lowest BCUT2D eigenvalue weighted by molar-refractivity contribution is 0.691. The number of imidazole rings is 1. The molecule has 0 fully saturated rings. The molecule has 0 aliphatic heterocycles. The molecule has 2 aromatic heterocycles. The SMILES string of the molecule is CNc1nc(C)cn1CCc1ccccn1. The number of hydrogen-bond donors (Lipinski definition) is 1. The fraction of sp³-hybridized carbons (Fsp3) is 0.333. The first kappa shape index (κ1) is 10.7. The minimum Gasteiger partial charge on any atom is -0.359 e. The highest BCUT2D eigenvalue weighted by atomic mass is 15.2. The summed E-state index contributed by atoms with van der Waals surface area (Å²) in [4.78, 5) is 8.67. The summed E-state index contributed by atoms with van der Waals surface area (Å²) in [7, 11) is 1.89. The number of nitrogens with one attached hydrogen (secondary N) is 1. The Morgan fingerprint density at radius 1 is 1.38 bits per heavy atom. The Morgan fingerprint density at radius 3 is 2.94 bits per heavy atom. The van der Waals surface area contributed by atoms with Gasteiger partial charge in [0, 0.05) is 38.1 Å². The summed E-state index contributed by atoms with van der Waals surface area (Å²) in [5.74, 6) is 0.911. The van der Waals surface area contributed by atoms with E-state index in [0.717, 1.165) is 30.3 Å². The van der Waals surface area contributed by atoms with E-state index in [9.17, 15) is 0 Å². The molecule has 0 saturated carbocycles. The van der Waals surface area contributed by atoms with Crippen molar-refractivity contribution in [2.45, 2.75) is 19.9 Å². The Labute approximate surface area is 95.4 Å². The molecule has 0 aromatic carbocycles. The predicted octanol–water partition coefficient (Wildman–Crippen LogP) is 1.87. The van der Waals surface area contributed by atoms with E-state index in [0.29, 0.717) is 0 Å². The van der Waals surface area contributed by atoms with Crippen molar-refractivity contribution in [2.75, 3.05) is 12.4 Å². The van der Waals surface area contributed by atoms with E-state index < -0.39 is 0 Å². The predicted molar refractivity (Wildman–Crippen MR) is 64.5 cm³/mol. The second-order valence-electron chi connectivity index (χ2n) is 3.72. The Kier molecular flexibility index (Phi) is 3.19. The highest BCUT2D eigenvalue weighted by Gasteiger charge is 2.03. The maximum Gasteiger partial charge on any atom is 0.202 e. The average Bonchev–Trinajstić information content (AvgIpc) is 2.68. The van der Waals surface area contributed by atoms with Gasteiger partial charge in [0.2, 0.25) is 5.95 Å². The highest BCUT2D eigenvalue weighted by Crippen LogP contribution is 2.08. The molecule has 2 heterocycles. The standard InChI is InChI=1S/C12H16N4/c1-10-9-16(12(13-2)15-10)8-6-11-5-3-4-7-14-11/h3-5,7,9H,6,8H2,1-2H3,(H,13,15). The molecule has 2 rings (SSSR count).